The van der Waals surface area contributed by atoms with Crippen LogP contribution in [0, 0.1) is 0 Å². The molecule has 16 rings (SSSR count). The molecule has 0 amide bonds. The molecule has 8 nitrogen and oxygen atoms in total. The summed E-state index contributed by atoms with van der Waals surface area (Å²) in [6.45, 7) is 0. The van der Waals surface area contributed by atoms with E-state index >= 15 is 0 Å². The SMILES string of the molecule is c1ccc(-c2ccccc2-c2cc3nc(-c4ccc(N(c5ccccc5)c5ccc(-c6cn7ccccc7n6)cc5)cc4)c(-c4ccc(N(c5ccccc5)c5ccc(-c6cn7ccccc7n6)cc5)cc4)nc3cc2-c2ccccc2-c2ccccc2)cc1. The smallest absolute Gasteiger partial charge is 0.137 e. The van der Waals surface area contributed by atoms with E-state index in [0.717, 1.165) is 146 Å². The number of imidazole rings is 2. The Labute approximate surface area is 521 Å². The summed E-state index contributed by atoms with van der Waals surface area (Å²) < 4.78 is 4.11. The van der Waals surface area contributed by atoms with Gasteiger partial charge in [0.25, 0.3) is 0 Å². The van der Waals surface area contributed by atoms with Crippen molar-refractivity contribution in [2.75, 3.05) is 9.80 Å². The van der Waals surface area contributed by atoms with Crippen molar-refractivity contribution in [3.05, 3.63) is 340 Å². The lowest BCUT2D eigenvalue weighted by Crippen LogP contribution is -2.10. The summed E-state index contributed by atoms with van der Waals surface area (Å²) in [7, 11) is 0. The van der Waals surface area contributed by atoms with Gasteiger partial charge in [-0.25, -0.2) is 19.9 Å². The topological polar surface area (TPSA) is 66.9 Å². The van der Waals surface area contributed by atoms with E-state index in [0.29, 0.717) is 0 Å². The molecule has 0 bridgehead atoms. The molecule has 0 fully saturated rings. The van der Waals surface area contributed by atoms with Crippen LogP contribution in [-0.2, 0) is 0 Å². The van der Waals surface area contributed by atoms with Crippen LogP contribution >= 0.6 is 0 Å². The molecule has 8 heteroatoms. The highest BCUT2D eigenvalue weighted by atomic mass is 15.1. The van der Waals surface area contributed by atoms with Crippen molar-refractivity contribution in [3.63, 3.8) is 0 Å². The maximum Gasteiger partial charge on any atom is 0.137 e. The average Bonchev–Trinajstić information content (AvgIpc) is 1.16. The van der Waals surface area contributed by atoms with Crippen LogP contribution in [0.15, 0.2) is 340 Å². The predicted molar refractivity (Wildman–Crippen MR) is 370 cm³/mol. The van der Waals surface area contributed by atoms with Crippen molar-refractivity contribution in [2.45, 2.75) is 0 Å². The Bertz CT molecular complexity index is 4810. The molecule has 5 aromatic heterocycles. The van der Waals surface area contributed by atoms with E-state index < -0.39 is 0 Å². The fourth-order valence-corrected chi connectivity index (χ4v) is 12.4. The number of hydrogen-bond acceptors (Lipinski definition) is 6. The summed E-state index contributed by atoms with van der Waals surface area (Å²) in [5, 5.41) is 0. The van der Waals surface area contributed by atoms with Gasteiger partial charge in [0, 0.05) is 81.2 Å². The van der Waals surface area contributed by atoms with Crippen LogP contribution in [-0.4, -0.2) is 28.7 Å². The minimum atomic E-state index is 0.770. The van der Waals surface area contributed by atoms with Gasteiger partial charge in [0.15, 0.2) is 0 Å². The number of anilines is 6. The highest BCUT2D eigenvalue weighted by Gasteiger charge is 2.23. The van der Waals surface area contributed by atoms with Gasteiger partial charge in [0.1, 0.15) is 11.3 Å². The van der Waals surface area contributed by atoms with E-state index in [1.165, 1.54) is 0 Å². The van der Waals surface area contributed by atoms with Gasteiger partial charge in [0.05, 0.1) is 33.8 Å². The van der Waals surface area contributed by atoms with E-state index in [2.05, 4.69) is 310 Å². The highest BCUT2D eigenvalue weighted by Crippen LogP contribution is 2.46. The Hall–Kier alpha value is -12.3. The molecule has 16 aromatic rings. The highest BCUT2D eigenvalue weighted by molar-refractivity contribution is 6.02. The van der Waals surface area contributed by atoms with Crippen LogP contribution in [0.5, 0.6) is 0 Å². The van der Waals surface area contributed by atoms with Gasteiger partial charge < -0.3 is 18.6 Å². The molecule has 0 aliphatic rings. The number of pyridine rings is 2. The second-order valence-electron chi connectivity index (χ2n) is 22.3. The first-order chi connectivity index (χ1) is 44.6. The number of rotatable bonds is 14. The van der Waals surface area contributed by atoms with Gasteiger partial charge in [-0.05, 0) is 154 Å². The van der Waals surface area contributed by atoms with Gasteiger partial charge in [-0.15, -0.1) is 0 Å². The third-order valence-electron chi connectivity index (χ3n) is 16.8. The predicted octanol–water partition coefficient (Wildman–Crippen LogP) is 21.2. The molecular formula is C82H56N8. The van der Waals surface area contributed by atoms with E-state index in [9.17, 15) is 0 Å². The van der Waals surface area contributed by atoms with Crippen LogP contribution in [0.3, 0.4) is 0 Å². The third-order valence-corrected chi connectivity index (χ3v) is 16.8. The lowest BCUT2D eigenvalue weighted by atomic mass is 9.86. The van der Waals surface area contributed by atoms with Crippen molar-refractivity contribution in [1.82, 2.24) is 28.7 Å². The molecule has 0 aliphatic carbocycles. The molecule has 0 atom stereocenters. The summed E-state index contributed by atoms with van der Waals surface area (Å²) in [6.07, 6.45) is 8.22. The van der Waals surface area contributed by atoms with Gasteiger partial charge in [-0.3, -0.25) is 0 Å². The molecule has 0 radical (unpaired) electrons. The van der Waals surface area contributed by atoms with Crippen LogP contribution < -0.4 is 9.80 Å². The molecule has 424 valence electrons. The van der Waals surface area contributed by atoms with E-state index in [4.69, 9.17) is 19.9 Å². The number of fused-ring (bicyclic) bond motifs is 3. The van der Waals surface area contributed by atoms with E-state index in [1.54, 1.807) is 0 Å². The number of benzene rings is 11. The summed E-state index contributed by atoms with van der Waals surface area (Å²) >= 11 is 0. The quantitative estimate of drug-likeness (QED) is 0.108. The van der Waals surface area contributed by atoms with Gasteiger partial charge in [-0.1, -0.05) is 206 Å². The zero-order valence-electron chi connectivity index (χ0n) is 48.9. The lowest BCUT2D eigenvalue weighted by Gasteiger charge is -2.26. The zero-order chi connectivity index (χ0) is 59.7. The fraction of sp³-hybridized carbons (Fsp3) is 0. The summed E-state index contributed by atoms with van der Waals surface area (Å²) in [5.74, 6) is 0. The second kappa shape index (κ2) is 23.2. The van der Waals surface area contributed by atoms with Gasteiger partial charge in [-0.2, -0.15) is 0 Å². The van der Waals surface area contributed by atoms with Crippen LogP contribution in [0.1, 0.15) is 0 Å². The standard InChI is InChI=1S/C82H56N8/c1-5-21-57(22-6-1)69-29-13-15-31-71(69)73-53-75-76(54-74(73)72-32-16-14-30-70(72)58-23-7-2-8-24-58)86-82(62-41-49-68(50-42-62)90(64-27-11-4-12-28-64)66-45-37-60(38-46-66)78-56-88-52-20-18-34-80(88)84-78)81(85-75)61-39-47-67(48-40-61)89(63-25-9-3-10-26-63)65-43-35-59(36-44-65)77-55-87-51-19-17-33-79(87)83-77/h1-56H. The summed E-state index contributed by atoms with van der Waals surface area (Å²) in [4.78, 5) is 26.0. The molecule has 0 spiro atoms. The first kappa shape index (κ1) is 53.2. The maximum absolute atomic E-state index is 5.77. The summed E-state index contributed by atoms with van der Waals surface area (Å²) in [6, 6.07) is 111. The van der Waals surface area contributed by atoms with E-state index in [1.807, 2.05) is 48.8 Å². The number of nitrogens with zero attached hydrogens (tertiary/aromatic N) is 8. The van der Waals surface area contributed by atoms with Crippen molar-refractivity contribution in [2.24, 2.45) is 0 Å². The number of aromatic nitrogens is 6. The first-order valence-electron chi connectivity index (χ1n) is 30.3. The lowest BCUT2D eigenvalue weighted by molar-refractivity contribution is 1.19. The van der Waals surface area contributed by atoms with Crippen molar-refractivity contribution < 1.29 is 0 Å². The molecule has 11 aromatic carbocycles. The minimum Gasteiger partial charge on any atom is -0.311 e. The monoisotopic (exact) mass is 1150 g/mol. The van der Waals surface area contributed by atoms with Crippen LogP contribution in [0.4, 0.5) is 34.1 Å². The fourth-order valence-electron chi connectivity index (χ4n) is 12.4. The number of hydrogen-bond donors (Lipinski definition) is 0. The van der Waals surface area contributed by atoms with Crippen LogP contribution in [0.2, 0.25) is 0 Å². The maximum atomic E-state index is 5.77. The summed E-state index contributed by atoms with van der Waals surface area (Å²) in [5.41, 5.74) is 25.7. The van der Waals surface area contributed by atoms with E-state index in [-0.39, 0.29) is 0 Å². The second-order valence-corrected chi connectivity index (χ2v) is 22.3. The van der Waals surface area contributed by atoms with Gasteiger partial charge >= 0.3 is 0 Å². The Morgan fingerprint density at radius 3 is 0.878 bits per heavy atom. The van der Waals surface area contributed by atoms with Crippen molar-refractivity contribution in [1.29, 1.82) is 0 Å². The normalized spacial score (nSPS) is 11.3. The first-order valence-corrected chi connectivity index (χ1v) is 30.3. The average molecular weight is 1150 g/mol. The van der Waals surface area contributed by atoms with Crippen molar-refractivity contribution in [3.8, 4) is 89.5 Å². The Kier molecular flexibility index (Phi) is 13.7. The molecular weight excluding hydrogens is 1100 g/mol. The zero-order valence-corrected chi connectivity index (χ0v) is 48.9. The molecule has 0 saturated carbocycles. The largest absolute Gasteiger partial charge is 0.311 e. The Morgan fingerprint density at radius 1 is 0.222 bits per heavy atom. The Morgan fingerprint density at radius 2 is 0.522 bits per heavy atom. The molecule has 0 unspecified atom stereocenters. The molecule has 0 saturated heterocycles. The van der Waals surface area contributed by atoms with Gasteiger partial charge in [0.2, 0.25) is 0 Å². The number of para-hydroxylation sites is 2. The molecule has 0 aliphatic heterocycles. The molecule has 5 heterocycles. The van der Waals surface area contributed by atoms with Crippen molar-refractivity contribution >= 4 is 56.5 Å². The minimum absolute atomic E-state index is 0.770. The Balaban J connectivity index is 0.851. The molecule has 0 N–H and O–H groups in total. The van der Waals surface area contributed by atoms with Crippen LogP contribution in [0.25, 0.3) is 112 Å². The third kappa shape index (κ3) is 10.2. The molecule has 90 heavy (non-hydrogen) atoms.